The average molecular weight is 248 g/mol. The summed E-state index contributed by atoms with van der Waals surface area (Å²) >= 11 is 0. The second-order valence-electron chi connectivity index (χ2n) is 7.40. The molecule has 1 aliphatic heterocycles. The van der Waals surface area contributed by atoms with Crippen molar-refractivity contribution in [3.63, 3.8) is 0 Å². The van der Waals surface area contributed by atoms with Gasteiger partial charge in [0, 0.05) is 31.2 Å². The molecule has 1 N–H and O–H groups in total. The fourth-order valence-corrected chi connectivity index (χ4v) is 4.66. The largest absolute Gasteiger partial charge is 0.309 e. The maximum Gasteiger partial charge on any atom is 0.0309 e. The minimum Gasteiger partial charge on any atom is -0.309 e. The van der Waals surface area contributed by atoms with Gasteiger partial charge in [-0.2, -0.15) is 0 Å². The van der Waals surface area contributed by atoms with Crippen molar-refractivity contribution >= 4 is 0 Å². The molecule has 0 unspecified atom stereocenters. The lowest BCUT2D eigenvalue weighted by Gasteiger charge is -2.49. The third-order valence-electron chi connectivity index (χ3n) is 5.85. The third kappa shape index (κ3) is 2.22. The van der Waals surface area contributed by atoms with E-state index in [1.165, 1.54) is 77.4 Å². The van der Waals surface area contributed by atoms with Crippen LogP contribution in [0.4, 0.5) is 0 Å². The van der Waals surface area contributed by atoms with Crippen molar-refractivity contribution in [2.45, 2.75) is 69.4 Å². The summed E-state index contributed by atoms with van der Waals surface area (Å²) in [7, 11) is 0. The van der Waals surface area contributed by atoms with E-state index >= 15 is 0 Å². The van der Waals surface area contributed by atoms with Crippen LogP contribution >= 0.6 is 0 Å². The molecule has 3 saturated carbocycles. The number of rotatable bonds is 3. The van der Waals surface area contributed by atoms with E-state index in [2.05, 4.69) is 10.2 Å². The van der Waals surface area contributed by atoms with Gasteiger partial charge in [0.15, 0.2) is 0 Å². The zero-order valence-electron chi connectivity index (χ0n) is 11.7. The van der Waals surface area contributed by atoms with Crippen LogP contribution in [0.25, 0.3) is 0 Å². The summed E-state index contributed by atoms with van der Waals surface area (Å²) in [5, 5.41) is 3.90. The SMILES string of the molecule is C1CCC2(CC1)CN(C(C1CC1)C1CC1)CCN2. The molecule has 0 bridgehead atoms. The second kappa shape index (κ2) is 4.49. The molecule has 0 aromatic heterocycles. The summed E-state index contributed by atoms with van der Waals surface area (Å²) in [5.41, 5.74) is 0.512. The van der Waals surface area contributed by atoms with Gasteiger partial charge in [-0.15, -0.1) is 0 Å². The highest BCUT2D eigenvalue weighted by Gasteiger charge is 2.47. The summed E-state index contributed by atoms with van der Waals surface area (Å²) in [6.07, 6.45) is 13.4. The lowest BCUT2D eigenvalue weighted by Crippen LogP contribution is -2.63. The van der Waals surface area contributed by atoms with Gasteiger partial charge >= 0.3 is 0 Å². The van der Waals surface area contributed by atoms with Gasteiger partial charge in [-0.1, -0.05) is 19.3 Å². The maximum absolute atomic E-state index is 3.90. The summed E-state index contributed by atoms with van der Waals surface area (Å²) < 4.78 is 0. The molecule has 2 nitrogen and oxygen atoms in total. The average Bonchev–Trinajstić information content (AvgIpc) is 3.25. The Hall–Kier alpha value is -0.0800. The summed E-state index contributed by atoms with van der Waals surface area (Å²) in [6, 6.07) is 0.978. The predicted octanol–water partition coefficient (Wildman–Crippen LogP) is 2.78. The van der Waals surface area contributed by atoms with Crippen LogP contribution in [-0.4, -0.2) is 36.1 Å². The first-order valence-electron chi connectivity index (χ1n) is 8.35. The fraction of sp³-hybridized carbons (Fsp3) is 1.00. The van der Waals surface area contributed by atoms with Gasteiger partial charge in [0.05, 0.1) is 0 Å². The summed E-state index contributed by atoms with van der Waals surface area (Å²) in [6.45, 7) is 3.93. The molecule has 1 spiro atoms. The van der Waals surface area contributed by atoms with Gasteiger partial charge in [-0.05, 0) is 50.4 Å². The Morgan fingerprint density at radius 3 is 2.22 bits per heavy atom. The van der Waals surface area contributed by atoms with Crippen LogP contribution in [0.15, 0.2) is 0 Å². The molecule has 0 radical (unpaired) electrons. The molecular formula is C16H28N2. The van der Waals surface area contributed by atoms with E-state index < -0.39 is 0 Å². The van der Waals surface area contributed by atoms with E-state index in [4.69, 9.17) is 0 Å². The number of nitrogens with one attached hydrogen (secondary N) is 1. The standard InChI is InChI=1S/C16H28N2/c1-2-8-16(9-3-1)12-18(11-10-17-16)15(13-4-5-13)14-6-7-14/h13-15,17H,1-12H2. The molecule has 0 aromatic carbocycles. The van der Waals surface area contributed by atoms with E-state index in [9.17, 15) is 0 Å². The van der Waals surface area contributed by atoms with Crippen LogP contribution in [0.1, 0.15) is 57.8 Å². The highest BCUT2D eigenvalue weighted by Crippen LogP contribution is 2.48. The molecule has 102 valence electrons. The molecule has 4 fully saturated rings. The number of piperazine rings is 1. The van der Waals surface area contributed by atoms with E-state index in [0.29, 0.717) is 5.54 Å². The number of hydrogen-bond donors (Lipinski definition) is 1. The maximum atomic E-state index is 3.90. The molecule has 4 aliphatic rings. The van der Waals surface area contributed by atoms with Crippen LogP contribution in [-0.2, 0) is 0 Å². The van der Waals surface area contributed by atoms with Crippen LogP contribution in [0.5, 0.6) is 0 Å². The molecule has 0 aromatic rings. The Morgan fingerprint density at radius 2 is 1.61 bits per heavy atom. The van der Waals surface area contributed by atoms with Gasteiger partial charge < -0.3 is 5.32 Å². The molecule has 4 rings (SSSR count). The Morgan fingerprint density at radius 1 is 0.944 bits per heavy atom. The predicted molar refractivity (Wildman–Crippen MR) is 74.6 cm³/mol. The third-order valence-corrected chi connectivity index (χ3v) is 5.85. The first-order chi connectivity index (χ1) is 8.86. The van der Waals surface area contributed by atoms with Crippen molar-refractivity contribution in [3.05, 3.63) is 0 Å². The Labute approximate surface area is 111 Å². The Balaban J connectivity index is 1.47. The zero-order chi connectivity index (χ0) is 12.0. The second-order valence-corrected chi connectivity index (χ2v) is 7.40. The lowest BCUT2D eigenvalue weighted by molar-refractivity contribution is 0.0517. The van der Waals surface area contributed by atoms with Crippen LogP contribution in [0, 0.1) is 11.8 Å². The topological polar surface area (TPSA) is 15.3 Å². The zero-order valence-corrected chi connectivity index (χ0v) is 11.7. The molecule has 0 atom stereocenters. The minimum atomic E-state index is 0.512. The van der Waals surface area contributed by atoms with Crippen LogP contribution in [0.2, 0.25) is 0 Å². The Kier molecular flexibility index (Phi) is 2.92. The van der Waals surface area contributed by atoms with Gasteiger partial charge in [0.2, 0.25) is 0 Å². The highest BCUT2D eigenvalue weighted by atomic mass is 15.3. The fourth-order valence-electron chi connectivity index (χ4n) is 4.66. The van der Waals surface area contributed by atoms with Gasteiger partial charge in [-0.3, -0.25) is 4.90 Å². The smallest absolute Gasteiger partial charge is 0.0309 e. The van der Waals surface area contributed by atoms with Crippen molar-refractivity contribution in [2.24, 2.45) is 11.8 Å². The number of hydrogen-bond acceptors (Lipinski definition) is 2. The van der Waals surface area contributed by atoms with Crippen molar-refractivity contribution < 1.29 is 0 Å². The monoisotopic (exact) mass is 248 g/mol. The Bertz CT molecular complexity index is 283. The summed E-state index contributed by atoms with van der Waals surface area (Å²) in [4.78, 5) is 2.91. The molecule has 3 aliphatic carbocycles. The molecule has 0 amide bonds. The first kappa shape index (κ1) is 11.7. The molecule has 2 heteroatoms. The minimum absolute atomic E-state index is 0.512. The molecule has 1 heterocycles. The molecule has 1 saturated heterocycles. The van der Waals surface area contributed by atoms with Crippen LogP contribution < -0.4 is 5.32 Å². The normalized spacial score (nSPS) is 33.2. The van der Waals surface area contributed by atoms with E-state index in [1.54, 1.807) is 0 Å². The van der Waals surface area contributed by atoms with Crippen molar-refractivity contribution in [1.29, 1.82) is 0 Å². The van der Waals surface area contributed by atoms with Crippen molar-refractivity contribution in [1.82, 2.24) is 10.2 Å². The van der Waals surface area contributed by atoms with E-state index in [0.717, 1.165) is 17.9 Å². The van der Waals surface area contributed by atoms with Gasteiger partial charge in [-0.25, -0.2) is 0 Å². The van der Waals surface area contributed by atoms with Crippen molar-refractivity contribution in [2.75, 3.05) is 19.6 Å². The highest BCUT2D eigenvalue weighted by molar-refractivity contribution is 5.03. The van der Waals surface area contributed by atoms with E-state index in [-0.39, 0.29) is 0 Å². The van der Waals surface area contributed by atoms with Crippen LogP contribution in [0.3, 0.4) is 0 Å². The van der Waals surface area contributed by atoms with Crippen molar-refractivity contribution in [3.8, 4) is 0 Å². The first-order valence-corrected chi connectivity index (χ1v) is 8.35. The van der Waals surface area contributed by atoms with Gasteiger partial charge in [0.25, 0.3) is 0 Å². The van der Waals surface area contributed by atoms with E-state index in [1.807, 2.05) is 0 Å². The number of nitrogens with zero attached hydrogens (tertiary/aromatic N) is 1. The summed E-state index contributed by atoms with van der Waals surface area (Å²) in [5.74, 6) is 2.16. The quantitative estimate of drug-likeness (QED) is 0.826. The van der Waals surface area contributed by atoms with Gasteiger partial charge in [0.1, 0.15) is 0 Å². The molecular weight excluding hydrogens is 220 g/mol. The lowest BCUT2D eigenvalue weighted by atomic mass is 9.79. The molecule has 18 heavy (non-hydrogen) atoms.